The van der Waals surface area contributed by atoms with Gasteiger partial charge in [0.1, 0.15) is 0 Å². The van der Waals surface area contributed by atoms with Crippen LogP contribution in [0, 0.1) is 12.8 Å². The van der Waals surface area contributed by atoms with Gasteiger partial charge in [0, 0.05) is 16.1 Å². The molecule has 0 radical (unpaired) electrons. The highest BCUT2D eigenvalue weighted by atomic mass is 35.5. The van der Waals surface area contributed by atoms with Crippen molar-refractivity contribution in [2.45, 2.75) is 27.2 Å². The minimum atomic E-state index is 0.583. The first-order valence-electron chi connectivity index (χ1n) is 7.70. The number of hydrogen-bond acceptors (Lipinski definition) is 1. The van der Waals surface area contributed by atoms with Gasteiger partial charge in [0.05, 0.1) is 5.52 Å². The monoisotopic (exact) mass is 309 g/mol. The van der Waals surface area contributed by atoms with E-state index in [0.29, 0.717) is 5.92 Å². The Bertz CT molecular complexity index is 807. The van der Waals surface area contributed by atoms with E-state index in [-0.39, 0.29) is 0 Å². The van der Waals surface area contributed by atoms with Crippen LogP contribution in [0.2, 0.25) is 5.02 Å². The Kier molecular flexibility index (Phi) is 4.17. The summed E-state index contributed by atoms with van der Waals surface area (Å²) in [5, 5.41) is 1.89. The first-order valence-corrected chi connectivity index (χ1v) is 8.08. The third-order valence-corrected chi connectivity index (χ3v) is 4.16. The number of fused-ring (bicyclic) bond motifs is 1. The van der Waals surface area contributed by atoms with E-state index in [1.54, 1.807) is 0 Å². The van der Waals surface area contributed by atoms with Crippen LogP contribution in [0.25, 0.3) is 22.0 Å². The summed E-state index contributed by atoms with van der Waals surface area (Å²) in [6, 6.07) is 16.5. The van der Waals surface area contributed by atoms with Crippen LogP contribution in [0.1, 0.15) is 25.1 Å². The van der Waals surface area contributed by atoms with Gasteiger partial charge in [0.25, 0.3) is 0 Å². The molecular weight excluding hydrogens is 290 g/mol. The van der Waals surface area contributed by atoms with Gasteiger partial charge < -0.3 is 0 Å². The van der Waals surface area contributed by atoms with Crippen molar-refractivity contribution in [3.63, 3.8) is 0 Å². The molecule has 2 aromatic carbocycles. The zero-order chi connectivity index (χ0) is 15.7. The van der Waals surface area contributed by atoms with Crippen molar-refractivity contribution in [3.05, 3.63) is 64.8 Å². The maximum Gasteiger partial charge on any atom is 0.0712 e. The van der Waals surface area contributed by atoms with E-state index in [2.05, 4.69) is 51.1 Å². The van der Waals surface area contributed by atoms with Crippen molar-refractivity contribution in [3.8, 4) is 11.1 Å². The van der Waals surface area contributed by atoms with E-state index in [4.69, 9.17) is 16.6 Å². The predicted molar refractivity (Wildman–Crippen MR) is 95.5 cm³/mol. The van der Waals surface area contributed by atoms with Gasteiger partial charge in [-0.1, -0.05) is 55.8 Å². The molecule has 0 saturated carbocycles. The summed E-state index contributed by atoms with van der Waals surface area (Å²) < 4.78 is 0. The summed E-state index contributed by atoms with van der Waals surface area (Å²) in [5.41, 5.74) is 5.96. The molecule has 3 rings (SSSR count). The summed E-state index contributed by atoms with van der Waals surface area (Å²) in [6.45, 7) is 6.60. The molecule has 1 aromatic heterocycles. The molecule has 0 amide bonds. The van der Waals surface area contributed by atoms with Crippen LogP contribution in [0.4, 0.5) is 0 Å². The lowest BCUT2D eigenvalue weighted by Crippen LogP contribution is -2.03. The van der Waals surface area contributed by atoms with Gasteiger partial charge in [-0.25, -0.2) is 0 Å². The number of hydrogen-bond donors (Lipinski definition) is 0. The van der Waals surface area contributed by atoms with E-state index in [1.807, 2.05) is 18.2 Å². The number of aromatic nitrogens is 1. The van der Waals surface area contributed by atoms with Gasteiger partial charge in [-0.3, -0.25) is 4.98 Å². The van der Waals surface area contributed by atoms with Crippen LogP contribution in [-0.2, 0) is 6.42 Å². The molecule has 0 aliphatic rings. The molecule has 0 aliphatic heterocycles. The van der Waals surface area contributed by atoms with E-state index in [9.17, 15) is 0 Å². The first kappa shape index (κ1) is 15.1. The molecule has 2 heteroatoms. The largest absolute Gasteiger partial charge is 0.253 e. The van der Waals surface area contributed by atoms with Crippen LogP contribution in [0.3, 0.4) is 0 Å². The number of rotatable bonds is 3. The third kappa shape index (κ3) is 2.86. The summed E-state index contributed by atoms with van der Waals surface area (Å²) in [5.74, 6) is 0.583. The van der Waals surface area contributed by atoms with Crippen LogP contribution < -0.4 is 0 Å². The van der Waals surface area contributed by atoms with Crippen LogP contribution in [-0.4, -0.2) is 4.98 Å². The summed E-state index contributed by atoms with van der Waals surface area (Å²) >= 11 is 6.25. The molecular formula is C20H20ClN. The highest BCUT2D eigenvalue weighted by molar-refractivity contribution is 6.31. The Morgan fingerprint density at radius 3 is 2.45 bits per heavy atom. The molecule has 3 aromatic rings. The zero-order valence-corrected chi connectivity index (χ0v) is 14.0. The van der Waals surface area contributed by atoms with Gasteiger partial charge in [-0.15, -0.1) is 0 Å². The number of nitrogens with zero attached hydrogens (tertiary/aromatic N) is 1. The number of halogens is 1. The Balaban J connectivity index is 2.39. The molecule has 0 fully saturated rings. The van der Waals surface area contributed by atoms with Crippen molar-refractivity contribution in [2.75, 3.05) is 0 Å². The third-order valence-electron chi connectivity index (χ3n) is 3.93. The quantitative estimate of drug-likeness (QED) is 0.573. The van der Waals surface area contributed by atoms with Gasteiger partial charge in [-0.2, -0.15) is 0 Å². The summed E-state index contributed by atoms with van der Waals surface area (Å²) in [4.78, 5) is 4.80. The lowest BCUT2D eigenvalue weighted by molar-refractivity contribution is 0.644. The van der Waals surface area contributed by atoms with Crippen molar-refractivity contribution in [1.29, 1.82) is 0 Å². The Labute approximate surface area is 137 Å². The van der Waals surface area contributed by atoms with E-state index >= 15 is 0 Å². The predicted octanol–water partition coefficient (Wildman–Crippen LogP) is 6.06. The molecule has 1 nitrogen and oxygen atoms in total. The molecule has 0 spiro atoms. The van der Waals surface area contributed by atoms with Crippen molar-refractivity contribution in [2.24, 2.45) is 5.92 Å². The Morgan fingerprint density at radius 1 is 1.05 bits per heavy atom. The molecule has 0 saturated heterocycles. The lowest BCUT2D eigenvalue weighted by atomic mass is 9.90. The number of pyridine rings is 1. The van der Waals surface area contributed by atoms with Crippen molar-refractivity contribution in [1.82, 2.24) is 4.98 Å². The molecule has 0 unspecified atom stereocenters. The average Bonchev–Trinajstić information content (AvgIpc) is 2.49. The molecule has 0 aliphatic carbocycles. The summed E-state index contributed by atoms with van der Waals surface area (Å²) in [6.07, 6.45) is 1.02. The van der Waals surface area contributed by atoms with Crippen molar-refractivity contribution >= 4 is 22.5 Å². The Hall–Kier alpha value is -1.86. The molecule has 0 N–H and O–H groups in total. The topological polar surface area (TPSA) is 12.9 Å². The number of aryl methyl sites for hydroxylation is 1. The first-order chi connectivity index (χ1) is 10.6. The fraction of sp³-hybridized carbons (Fsp3) is 0.250. The highest BCUT2D eigenvalue weighted by Crippen LogP contribution is 2.35. The minimum Gasteiger partial charge on any atom is -0.253 e. The minimum absolute atomic E-state index is 0.583. The standard InChI is InChI=1S/C20H20ClN/c1-13(2)11-17-14(3)22-19-10-9-16(21)12-18(19)20(17)15-7-5-4-6-8-15/h4-10,12-13H,11H2,1-3H3. The average molecular weight is 310 g/mol. The van der Waals surface area contributed by atoms with Crippen LogP contribution >= 0.6 is 11.6 Å². The van der Waals surface area contributed by atoms with Gasteiger partial charge in [0.2, 0.25) is 0 Å². The Morgan fingerprint density at radius 2 is 1.77 bits per heavy atom. The SMILES string of the molecule is Cc1nc2ccc(Cl)cc2c(-c2ccccc2)c1CC(C)C. The maximum absolute atomic E-state index is 6.25. The van der Waals surface area contributed by atoms with E-state index < -0.39 is 0 Å². The zero-order valence-electron chi connectivity index (χ0n) is 13.2. The van der Waals surface area contributed by atoms with Crippen LogP contribution in [0.15, 0.2) is 48.5 Å². The fourth-order valence-electron chi connectivity index (χ4n) is 2.99. The summed E-state index contributed by atoms with van der Waals surface area (Å²) in [7, 11) is 0. The highest BCUT2D eigenvalue weighted by Gasteiger charge is 2.15. The van der Waals surface area contributed by atoms with Crippen molar-refractivity contribution < 1.29 is 0 Å². The van der Waals surface area contributed by atoms with E-state index in [0.717, 1.165) is 28.0 Å². The fourth-order valence-corrected chi connectivity index (χ4v) is 3.16. The second-order valence-electron chi connectivity index (χ2n) is 6.18. The lowest BCUT2D eigenvalue weighted by Gasteiger charge is -2.17. The molecule has 0 atom stereocenters. The van der Waals surface area contributed by atoms with E-state index in [1.165, 1.54) is 16.7 Å². The second-order valence-corrected chi connectivity index (χ2v) is 6.61. The molecule has 112 valence electrons. The van der Waals surface area contributed by atoms with Gasteiger partial charge in [-0.05, 0) is 54.2 Å². The van der Waals surface area contributed by atoms with Gasteiger partial charge >= 0.3 is 0 Å². The van der Waals surface area contributed by atoms with Crippen LogP contribution in [0.5, 0.6) is 0 Å². The normalized spacial score (nSPS) is 11.3. The second kappa shape index (κ2) is 6.10. The smallest absolute Gasteiger partial charge is 0.0712 e. The maximum atomic E-state index is 6.25. The molecule has 22 heavy (non-hydrogen) atoms. The molecule has 0 bridgehead atoms. The van der Waals surface area contributed by atoms with Gasteiger partial charge in [0.15, 0.2) is 0 Å². The molecule has 1 heterocycles. The number of benzene rings is 2.